The van der Waals surface area contributed by atoms with Gasteiger partial charge in [0.25, 0.3) is 0 Å². The quantitative estimate of drug-likeness (QED) is 0.426. The number of carbonyl (C=O) groups is 5. The molecule has 0 bridgehead atoms. The van der Waals surface area contributed by atoms with Gasteiger partial charge in [-0.25, -0.2) is 4.79 Å². The molecule has 0 unspecified atom stereocenters. The lowest BCUT2D eigenvalue weighted by Crippen LogP contribution is -2.57. The Bertz CT molecular complexity index is 715. The smallest absolute Gasteiger partial charge is 0.326 e. The Kier molecular flexibility index (Phi) is 9.01. The summed E-state index contributed by atoms with van der Waals surface area (Å²) in [4.78, 5) is 62.7. The summed E-state index contributed by atoms with van der Waals surface area (Å²) in [5.74, 6) is -3.19. The maximum absolute atomic E-state index is 12.9. The fourth-order valence-electron chi connectivity index (χ4n) is 3.19. The maximum atomic E-state index is 12.9. The van der Waals surface area contributed by atoms with E-state index >= 15 is 0 Å². The van der Waals surface area contributed by atoms with Gasteiger partial charge in [-0.3, -0.25) is 19.2 Å². The molecule has 10 nitrogen and oxygen atoms in total. The second-order valence-corrected chi connectivity index (χ2v) is 9.43. The standard InChI is InChI=1S/C21H36N4O6/c1-11(2)15(19(29)30)24-17(27)14-9-8-10-25(14)18(28)13(4)22-16(26)12(3)23-20(31)21(5,6)7/h11-15H,8-10H2,1-7H3,(H,22,26)(H,23,31)(H,24,27)(H,29,30)/t12-,13-,14-,15-/m0/s1. The van der Waals surface area contributed by atoms with Crippen LogP contribution in [-0.4, -0.2) is 70.3 Å². The zero-order chi connectivity index (χ0) is 24.1. The van der Waals surface area contributed by atoms with Gasteiger partial charge in [-0.1, -0.05) is 34.6 Å². The third-order valence-corrected chi connectivity index (χ3v) is 5.22. The fraction of sp³-hybridized carbons (Fsp3) is 0.762. The molecule has 4 N–H and O–H groups in total. The van der Waals surface area contributed by atoms with Crippen molar-refractivity contribution in [2.75, 3.05) is 6.54 Å². The van der Waals surface area contributed by atoms with Crippen LogP contribution in [0.2, 0.25) is 0 Å². The van der Waals surface area contributed by atoms with Gasteiger partial charge in [-0.2, -0.15) is 0 Å². The molecular formula is C21H36N4O6. The predicted octanol–water partition coefficient (Wildman–Crippen LogP) is 0.258. The van der Waals surface area contributed by atoms with Crippen molar-refractivity contribution in [2.45, 2.75) is 85.5 Å². The molecule has 4 atom stereocenters. The molecule has 176 valence electrons. The molecule has 1 aliphatic rings. The number of likely N-dealkylation sites (tertiary alicyclic amines) is 1. The van der Waals surface area contributed by atoms with Crippen molar-refractivity contribution >= 4 is 29.6 Å². The summed E-state index contributed by atoms with van der Waals surface area (Å²) in [7, 11) is 0. The molecule has 1 fully saturated rings. The van der Waals surface area contributed by atoms with Gasteiger partial charge in [0.2, 0.25) is 23.6 Å². The lowest BCUT2D eigenvalue weighted by Gasteiger charge is -2.29. The van der Waals surface area contributed by atoms with E-state index in [1.807, 2.05) is 0 Å². The highest BCUT2D eigenvalue weighted by Gasteiger charge is 2.38. The van der Waals surface area contributed by atoms with E-state index in [1.54, 1.807) is 34.6 Å². The highest BCUT2D eigenvalue weighted by Crippen LogP contribution is 2.19. The Labute approximate surface area is 183 Å². The molecule has 1 heterocycles. The number of nitrogens with one attached hydrogen (secondary N) is 3. The summed E-state index contributed by atoms with van der Waals surface area (Å²) >= 11 is 0. The normalized spacial score (nSPS) is 19.4. The maximum Gasteiger partial charge on any atom is 0.326 e. The van der Waals surface area contributed by atoms with Gasteiger partial charge in [0.1, 0.15) is 24.2 Å². The monoisotopic (exact) mass is 440 g/mol. The number of carboxylic acids is 1. The number of carboxylic acid groups (broad SMARTS) is 1. The molecule has 0 spiro atoms. The second-order valence-electron chi connectivity index (χ2n) is 9.43. The Morgan fingerprint density at radius 1 is 0.935 bits per heavy atom. The summed E-state index contributed by atoms with van der Waals surface area (Å²) in [5.41, 5.74) is -0.657. The van der Waals surface area contributed by atoms with E-state index in [-0.39, 0.29) is 11.8 Å². The molecule has 1 rings (SSSR count). The first-order chi connectivity index (χ1) is 14.2. The molecule has 31 heavy (non-hydrogen) atoms. The van der Waals surface area contributed by atoms with Crippen molar-refractivity contribution in [3.8, 4) is 0 Å². The van der Waals surface area contributed by atoms with Crippen LogP contribution >= 0.6 is 0 Å². The number of carbonyl (C=O) groups excluding carboxylic acids is 4. The molecular weight excluding hydrogens is 404 g/mol. The molecule has 1 aliphatic heterocycles. The van der Waals surface area contributed by atoms with Crippen molar-refractivity contribution in [2.24, 2.45) is 11.3 Å². The predicted molar refractivity (Wildman–Crippen MR) is 114 cm³/mol. The third-order valence-electron chi connectivity index (χ3n) is 5.22. The zero-order valence-electron chi connectivity index (χ0n) is 19.4. The first-order valence-corrected chi connectivity index (χ1v) is 10.6. The van der Waals surface area contributed by atoms with Gasteiger partial charge < -0.3 is 26.0 Å². The van der Waals surface area contributed by atoms with E-state index in [9.17, 15) is 29.1 Å². The molecule has 0 radical (unpaired) electrons. The first-order valence-electron chi connectivity index (χ1n) is 10.6. The van der Waals surface area contributed by atoms with Gasteiger partial charge in [-0.15, -0.1) is 0 Å². The summed E-state index contributed by atoms with van der Waals surface area (Å²) < 4.78 is 0. The van der Waals surface area contributed by atoms with Crippen LogP contribution in [-0.2, 0) is 24.0 Å². The van der Waals surface area contributed by atoms with Gasteiger partial charge in [-0.05, 0) is 32.6 Å². The number of hydrogen-bond acceptors (Lipinski definition) is 5. The zero-order valence-corrected chi connectivity index (χ0v) is 19.4. The Morgan fingerprint density at radius 2 is 1.52 bits per heavy atom. The van der Waals surface area contributed by atoms with Crippen molar-refractivity contribution in [1.29, 1.82) is 0 Å². The minimum Gasteiger partial charge on any atom is -0.480 e. The lowest BCUT2D eigenvalue weighted by atomic mass is 9.95. The summed E-state index contributed by atoms with van der Waals surface area (Å²) in [6.07, 6.45) is 1.02. The van der Waals surface area contributed by atoms with E-state index < -0.39 is 53.3 Å². The van der Waals surface area contributed by atoms with Crippen LogP contribution in [0.5, 0.6) is 0 Å². The lowest BCUT2D eigenvalue weighted by molar-refractivity contribution is -0.145. The molecule has 0 saturated carbocycles. The van der Waals surface area contributed by atoms with Gasteiger partial charge in [0.15, 0.2) is 0 Å². The molecule has 4 amide bonds. The summed E-state index contributed by atoms with van der Waals surface area (Å²) in [6, 6.07) is -3.57. The van der Waals surface area contributed by atoms with Crippen LogP contribution in [0.1, 0.15) is 61.3 Å². The third kappa shape index (κ3) is 7.22. The number of nitrogens with zero attached hydrogens (tertiary/aromatic N) is 1. The molecule has 0 aliphatic carbocycles. The van der Waals surface area contributed by atoms with Crippen LogP contribution in [0.3, 0.4) is 0 Å². The molecule has 0 aromatic rings. The van der Waals surface area contributed by atoms with Crippen LogP contribution in [0.25, 0.3) is 0 Å². The number of rotatable bonds is 8. The largest absolute Gasteiger partial charge is 0.480 e. The van der Waals surface area contributed by atoms with Crippen LogP contribution in [0.15, 0.2) is 0 Å². The highest BCUT2D eigenvalue weighted by molar-refractivity contribution is 5.95. The van der Waals surface area contributed by atoms with Crippen molar-refractivity contribution < 1.29 is 29.1 Å². The van der Waals surface area contributed by atoms with Crippen LogP contribution < -0.4 is 16.0 Å². The van der Waals surface area contributed by atoms with E-state index in [1.165, 1.54) is 18.7 Å². The summed E-state index contributed by atoms with van der Waals surface area (Å²) in [6.45, 7) is 11.9. The van der Waals surface area contributed by atoms with E-state index in [0.29, 0.717) is 19.4 Å². The topological polar surface area (TPSA) is 145 Å². The summed E-state index contributed by atoms with van der Waals surface area (Å²) in [5, 5.41) is 17.0. The number of amides is 4. The van der Waals surface area contributed by atoms with E-state index in [2.05, 4.69) is 16.0 Å². The average Bonchev–Trinajstić information content (AvgIpc) is 3.13. The van der Waals surface area contributed by atoms with Gasteiger partial charge >= 0.3 is 5.97 Å². The van der Waals surface area contributed by atoms with Gasteiger partial charge in [0, 0.05) is 12.0 Å². The van der Waals surface area contributed by atoms with E-state index in [0.717, 1.165) is 0 Å². The average molecular weight is 441 g/mol. The van der Waals surface area contributed by atoms with Gasteiger partial charge in [0.05, 0.1) is 0 Å². The molecule has 0 aromatic heterocycles. The number of hydrogen-bond donors (Lipinski definition) is 4. The van der Waals surface area contributed by atoms with E-state index in [4.69, 9.17) is 0 Å². The molecule has 10 heteroatoms. The number of aliphatic carboxylic acids is 1. The fourth-order valence-corrected chi connectivity index (χ4v) is 3.19. The minimum atomic E-state index is -1.13. The minimum absolute atomic E-state index is 0.288. The SMILES string of the molecule is CC(C)[C@H](NC(=O)[C@@H]1CCCN1C(=O)[C@H](C)NC(=O)[C@H](C)NC(=O)C(C)(C)C)C(=O)O. The molecule has 1 saturated heterocycles. The van der Waals surface area contributed by atoms with Crippen molar-refractivity contribution in [1.82, 2.24) is 20.9 Å². The Balaban J connectivity index is 2.75. The van der Waals surface area contributed by atoms with Crippen molar-refractivity contribution in [3.05, 3.63) is 0 Å². The Morgan fingerprint density at radius 3 is 2.00 bits per heavy atom. The highest BCUT2D eigenvalue weighted by atomic mass is 16.4. The van der Waals surface area contributed by atoms with Crippen LogP contribution in [0.4, 0.5) is 0 Å². The first kappa shape index (κ1) is 26.4. The van der Waals surface area contributed by atoms with Crippen LogP contribution in [0, 0.1) is 11.3 Å². The second kappa shape index (κ2) is 10.6. The van der Waals surface area contributed by atoms with Crippen molar-refractivity contribution in [3.63, 3.8) is 0 Å². The Hall–Kier alpha value is -2.65. The molecule has 0 aromatic carbocycles.